The molecular weight excluding hydrogens is 426 g/mol. The Kier molecular flexibility index (Phi) is 7.07. The average Bonchev–Trinajstić information content (AvgIpc) is 2.85. The van der Waals surface area contributed by atoms with Crippen LogP contribution in [0.15, 0.2) is 47.5 Å². The normalized spacial score (nSPS) is 18.5. The maximum atomic E-state index is 13.2. The number of piperidine rings is 1. The van der Waals surface area contributed by atoms with Gasteiger partial charge in [-0.15, -0.1) is 0 Å². The van der Waals surface area contributed by atoms with Gasteiger partial charge < -0.3 is 15.1 Å². The van der Waals surface area contributed by atoms with Crippen molar-refractivity contribution in [3.05, 3.63) is 48.3 Å². The molecular formula is C23H31N5O3S. The second kappa shape index (κ2) is 9.97. The number of sulfonamides is 1. The van der Waals surface area contributed by atoms with Crippen molar-refractivity contribution in [2.24, 2.45) is 0 Å². The summed E-state index contributed by atoms with van der Waals surface area (Å²) in [6.07, 6.45) is 4.38. The van der Waals surface area contributed by atoms with Gasteiger partial charge in [-0.1, -0.05) is 19.4 Å². The number of nitrogens with zero attached hydrogens (tertiary/aromatic N) is 4. The van der Waals surface area contributed by atoms with Gasteiger partial charge in [-0.2, -0.15) is 4.31 Å². The number of aromatic nitrogens is 1. The lowest BCUT2D eigenvalue weighted by Crippen LogP contribution is -2.46. The minimum absolute atomic E-state index is 0.215. The van der Waals surface area contributed by atoms with E-state index in [4.69, 9.17) is 0 Å². The number of hydrogen-bond acceptors (Lipinski definition) is 6. The Morgan fingerprint density at radius 3 is 2.41 bits per heavy atom. The van der Waals surface area contributed by atoms with Crippen LogP contribution in [0.2, 0.25) is 0 Å². The van der Waals surface area contributed by atoms with E-state index in [1.54, 1.807) is 40.8 Å². The molecule has 0 spiro atoms. The Hall–Kier alpha value is -2.49. The highest BCUT2D eigenvalue weighted by Gasteiger charge is 2.28. The molecule has 4 rings (SSSR count). The number of amides is 1. The van der Waals surface area contributed by atoms with Crippen molar-refractivity contribution < 1.29 is 13.2 Å². The second-order valence-corrected chi connectivity index (χ2v) is 10.2. The maximum absolute atomic E-state index is 13.2. The van der Waals surface area contributed by atoms with Gasteiger partial charge in [0, 0.05) is 45.5 Å². The SMILES string of the molecule is CCN1CCN(c2ccc(S(=O)(=O)N3CCCCC3)cc2NC(=O)c2ccccn2)CC1. The van der Waals surface area contributed by atoms with Gasteiger partial charge in [0.25, 0.3) is 5.91 Å². The predicted octanol–water partition coefficient (Wildman–Crippen LogP) is 2.65. The summed E-state index contributed by atoms with van der Waals surface area (Å²) < 4.78 is 28.0. The van der Waals surface area contributed by atoms with E-state index in [1.807, 2.05) is 6.07 Å². The zero-order chi connectivity index (χ0) is 22.6. The van der Waals surface area contributed by atoms with E-state index < -0.39 is 10.0 Å². The molecule has 0 radical (unpaired) electrons. The lowest BCUT2D eigenvalue weighted by atomic mass is 10.2. The lowest BCUT2D eigenvalue weighted by Gasteiger charge is -2.36. The topological polar surface area (TPSA) is 85.9 Å². The van der Waals surface area contributed by atoms with Gasteiger partial charge in [0.1, 0.15) is 5.69 Å². The van der Waals surface area contributed by atoms with Crippen molar-refractivity contribution in [3.8, 4) is 0 Å². The predicted molar refractivity (Wildman–Crippen MR) is 126 cm³/mol. The first-order valence-corrected chi connectivity index (χ1v) is 12.8. The van der Waals surface area contributed by atoms with Gasteiger partial charge in [0.2, 0.25) is 10.0 Å². The van der Waals surface area contributed by atoms with Gasteiger partial charge in [0.05, 0.1) is 16.3 Å². The van der Waals surface area contributed by atoms with Crippen LogP contribution in [-0.2, 0) is 10.0 Å². The third-order valence-electron chi connectivity index (χ3n) is 6.23. The molecule has 9 heteroatoms. The zero-order valence-electron chi connectivity index (χ0n) is 18.5. The van der Waals surface area contributed by atoms with Crippen LogP contribution in [-0.4, -0.2) is 74.3 Å². The summed E-state index contributed by atoms with van der Waals surface area (Å²) in [6.45, 7) is 7.73. The van der Waals surface area contributed by atoms with Gasteiger partial charge in [-0.05, 0) is 49.7 Å². The number of rotatable bonds is 6. The van der Waals surface area contributed by atoms with Crippen LogP contribution < -0.4 is 10.2 Å². The third-order valence-corrected chi connectivity index (χ3v) is 8.12. The molecule has 1 amide bonds. The summed E-state index contributed by atoms with van der Waals surface area (Å²) in [5.41, 5.74) is 1.63. The Morgan fingerprint density at radius 2 is 1.75 bits per heavy atom. The largest absolute Gasteiger partial charge is 0.367 e. The summed E-state index contributed by atoms with van der Waals surface area (Å²) in [5.74, 6) is -0.355. The Labute approximate surface area is 190 Å². The van der Waals surface area contributed by atoms with E-state index in [2.05, 4.69) is 27.0 Å². The molecule has 1 aromatic carbocycles. The molecule has 3 heterocycles. The first-order chi connectivity index (χ1) is 15.5. The number of hydrogen-bond donors (Lipinski definition) is 1. The molecule has 2 aliphatic heterocycles. The van der Waals surface area contributed by atoms with Crippen LogP contribution in [0.4, 0.5) is 11.4 Å². The smallest absolute Gasteiger partial charge is 0.274 e. The van der Waals surface area contributed by atoms with Crippen LogP contribution in [0.5, 0.6) is 0 Å². The highest BCUT2D eigenvalue weighted by Crippen LogP contribution is 2.32. The number of nitrogens with one attached hydrogen (secondary N) is 1. The Balaban J connectivity index is 1.66. The molecule has 8 nitrogen and oxygen atoms in total. The van der Waals surface area contributed by atoms with Crippen molar-refractivity contribution >= 4 is 27.3 Å². The van der Waals surface area contributed by atoms with Crippen LogP contribution in [0, 0.1) is 0 Å². The molecule has 1 aromatic heterocycles. The monoisotopic (exact) mass is 457 g/mol. The average molecular weight is 458 g/mol. The number of carbonyl (C=O) groups excluding carboxylic acids is 1. The Morgan fingerprint density at radius 1 is 1.00 bits per heavy atom. The van der Waals surface area contributed by atoms with Gasteiger partial charge in [-0.3, -0.25) is 9.78 Å². The van der Waals surface area contributed by atoms with E-state index in [-0.39, 0.29) is 10.8 Å². The molecule has 0 atom stereocenters. The van der Waals surface area contributed by atoms with E-state index in [0.717, 1.165) is 57.7 Å². The van der Waals surface area contributed by atoms with Crippen LogP contribution in [0.25, 0.3) is 0 Å². The maximum Gasteiger partial charge on any atom is 0.274 e. The summed E-state index contributed by atoms with van der Waals surface area (Å²) >= 11 is 0. The quantitative estimate of drug-likeness (QED) is 0.718. The number of likely N-dealkylation sites (N-methyl/N-ethyl adjacent to an activating group) is 1. The molecule has 2 saturated heterocycles. The van der Waals surface area contributed by atoms with E-state index in [1.165, 1.54) is 0 Å². The van der Waals surface area contributed by atoms with Crippen LogP contribution in [0.1, 0.15) is 36.7 Å². The summed E-state index contributed by atoms with van der Waals surface area (Å²) in [5, 5.41) is 2.93. The highest BCUT2D eigenvalue weighted by atomic mass is 32.2. The molecule has 2 aromatic rings. The van der Waals surface area contributed by atoms with Crippen molar-refractivity contribution in [1.29, 1.82) is 0 Å². The zero-order valence-corrected chi connectivity index (χ0v) is 19.4. The van der Waals surface area contributed by atoms with Gasteiger partial charge >= 0.3 is 0 Å². The fourth-order valence-corrected chi connectivity index (χ4v) is 5.84. The molecule has 0 aliphatic carbocycles. The standard InChI is InChI=1S/C23H31N5O3S/c1-2-26-14-16-27(17-15-26)22-10-9-19(32(30,31)28-12-6-3-7-13-28)18-21(22)25-23(29)20-8-4-5-11-24-20/h4-5,8-11,18H,2-3,6-7,12-17H2,1H3,(H,25,29). The number of benzene rings is 1. The van der Waals surface area contributed by atoms with Gasteiger partial charge in [0.15, 0.2) is 0 Å². The van der Waals surface area contributed by atoms with Crippen molar-refractivity contribution in [3.63, 3.8) is 0 Å². The first-order valence-electron chi connectivity index (χ1n) is 11.3. The Bertz CT molecular complexity index is 1030. The number of carbonyl (C=O) groups is 1. The third kappa shape index (κ3) is 4.95. The fourth-order valence-electron chi connectivity index (χ4n) is 4.29. The number of anilines is 2. The minimum atomic E-state index is -3.61. The molecule has 1 N–H and O–H groups in total. The second-order valence-electron chi connectivity index (χ2n) is 8.23. The highest BCUT2D eigenvalue weighted by molar-refractivity contribution is 7.89. The van der Waals surface area contributed by atoms with Crippen molar-refractivity contribution in [1.82, 2.24) is 14.2 Å². The minimum Gasteiger partial charge on any atom is -0.367 e. The lowest BCUT2D eigenvalue weighted by molar-refractivity contribution is 0.102. The molecule has 32 heavy (non-hydrogen) atoms. The van der Waals surface area contributed by atoms with E-state index in [9.17, 15) is 13.2 Å². The van der Waals surface area contributed by atoms with Crippen molar-refractivity contribution in [2.45, 2.75) is 31.1 Å². The van der Waals surface area contributed by atoms with Crippen LogP contribution in [0.3, 0.4) is 0 Å². The summed E-state index contributed by atoms with van der Waals surface area (Å²) in [7, 11) is -3.61. The fraction of sp³-hybridized carbons (Fsp3) is 0.478. The van der Waals surface area contributed by atoms with Crippen molar-refractivity contribution in [2.75, 3.05) is 56.0 Å². The molecule has 2 fully saturated rings. The molecule has 172 valence electrons. The first kappa shape index (κ1) is 22.7. The summed E-state index contributed by atoms with van der Waals surface area (Å²) in [6, 6.07) is 10.2. The summed E-state index contributed by atoms with van der Waals surface area (Å²) in [4.78, 5) is 21.8. The molecule has 0 unspecified atom stereocenters. The number of pyridine rings is 1. The number of piperazine rings is 1. The van der Waals surface area contributed by atoms with E-state index >= 15 is 0 Å². The van der Waals surface area contributed by atoms with Crippen LogP contribution >= 0.6 is 0 Å². The molecule has 2 aliphatic rings. The molecule has 0 saturated carbocycles. The van der Waals surface area contributed by atoms with E-state index in [0.29, 0.717) is 24.5 Å². The molecule has 0 bridgehead atoms. The van der Waals surface area contributed by atoms with Gasteiger partial charge in [-0.25, -0.2) is 8.42 Å².